The predicted molar refractivity (Wildman–Crippen MR) is 131 cm³/mol. The Morgan fingerprint density at radius 3 is 2.44 bits per heavy atom. The van der Waals surface area contributed by atoms with Crippen LogP contribution in [0.5, 0.6) is 11.6 Å². The van der Waals surface area contributed by atoms with E-state index in [1.807, 2.05) is 26.0 Å². The molecule has 0 bridgehead atoms. The molecule has 0 aliphatic heterocycles. The van der Waals surface area contributed by atoms with Gasteiger partial charge in [-0.1, -0.05) is 18.2 Å². The number of aromatic nitrogens is 1. The number of esters is 1. The fraction of sp³-hybridized carbons (Fsp3) is 0.321. The van der Waals surface area contributed by atoms with Crippen LogP contribution in [0.4, 0.5) is 0 Å². The second-order valence-corrected chi connectivity index (χ2v) is 8.36. The molecule has 1 atom stereocenters. The Morgan fingerprint density at radius 1 is 1.06 bits per heavy atom. The molecule has 0 aliphatic carbocycles. The highest BCUT2D eigenvalue weighted by molar-refractivity contribution is 5.75. The van der Waals surface area contributed by atoms with Crippen molar-refractivity contribution in [2.75, 3.05) is 6.61 Å². The van der Waals surface area contributed by atoms with Crippen molar-refractivity contribution in [2.24, 2.45) is 0 Å². The standard InChI is InChI=1S/C28H31NO5/c1-18-15-27(32-14-13-19(2)34-22(5)31)29-21(4)28(18)26-8-6-7-24(20(26)3)17-33-25-11-9-23(16-30)10-12-25/h6-12,15-16,19H,13-14,17H2,1-5H3. The number of carbonyl (C=O) groups is 2. The van der Waals surface area contributed by atoms with Crippen molar-refractivity contribution in [3.8, 4) is 22.8 Å². The minimum absolute atomic E-state index is 0.200. The minimum Gasteiger partial charge on any atom is -0.489 e. The Kier molecular flexibility index (Phi) is 8.41. The summed E-state index contributed by atoms with van der Waals surface area (Å²) >= 11 is 0. The molecule has 6 nitrogen and oxygen atoms in total. The summed E-state index contributed by atoms with van der Waals surface area (Å²) in [5.41, 5.74) is 6.97. The van der Waals surface area contributed by atoms with Crippen LogP contribution >= 0.6 is 0 Å². The summed E-state index contributed by atoms with van der Waals surface area (Å²) in [5.74, 6) is 0.985. The monoisotopic (exact) mass is 461 g/mol. The van der Waals surface area contributed by atoms with E-state index in [-0.39, 0.29) is 12.1 Å². The maximum Gasteiger partial charge on any atom is 0.302 e. The normalized spacial score (nSPS) is 11.6. The Bertz CT molecular complexity index is 1130. The molecule has 0 aliphatic rings. The lowest BCUT2D eigenvalue weighted by atomic mass is 9.93. The Balaban J connectivity index is 1.73. The number of nitrogens with zero attached hydrogens (tertiary/aromatic N) is 1. The van der Waals surface area contributed by atoms with Crippen LogP contribution in [0.25, 0.3) is 11.1 Å². The molecule has 2 aromatic carbocycles. The van der Waals surface area contributed by atoms with E-state index in [0.717, 1.165) is 39.8 Å². The van der Waals surface area contributed by atoms with Gasteiger partial charge in [0.05, 0.1) is 6.61 Å². The zero-order chi connectivity index (χ0) is 24.7. The number of benzene rings is 2. The van der Waals surface area contributed by atoms with Crippen LogP contribution in [0.2, 0.25) is 0 Å². The van der Waals surface area contributed by atoms with E-state index in [0.29, 0.717) is 36.8 Å². The summed E-state index contributed by atoms with van der Waals surface area (Å²) < 4.78 is 16.9. The van der Waals surface area contributed by atoms with Crippen molar-refractivity contribution in [1.82, 2.24) is 4.98 Å². The van der Waals surface area contributed by atoms with E-state index in [9.17, 15) is 9.59 Å². The first-order chi connectivity index (χ1) is 16.3. The van der Waals surface area contributed by atoms with Gasteiger partial charge in [-0.25, -0.2) is 4.98 Å². The predicted octanol–water partition coefficient (Wildman–Crippen LogP) is 5.79. The molecule has 34 heavy (non-hydrogen) atoms. The van der Waals surface area contributed by atoms with E-state index in [1.54, 1.807) is 24.3 Å². The molecule has 178 valence electrons. The van der Waals surface area contributed by atoms with E-state index in [1.165, 1.54) is 6.92 Å². The summed E-state index contributed by atoms with van der Waals surface area (Å²) in [6, 6.07) is 15.2. The van der Waals surface area contributed by atoms with Gasteiger partial charge in [-0.3, -0.25) is 9.59 Å². The Hall–Kier alpha value is -3.67. The highest BCUT2D eigenvalue weighted by atomic mass is 16.5. The molecule has 0 radical (unpaired) electrons. The second kappa shape index (κ2) is 11.5. The molecule has 1 unspecified atom stereocenters. The molecule has 0 amide bonds. The fourth-order valence-electron chi connectivity index (χ4n) is 3.86. The van der Waals surface area contributed by atoms with Crippen molar-refractivity contribution < 1.29 is 23.8 Å². The minimum atomic E-state index is -0.291. The molecule has 3 rings (SSSR count). The average Bonchev–Trinajstić information content (AvgIpc) is 2.79. The van der Waals surface area contributed by atoms with Gasteiger partial charge in [0.25, 0.3) is 0 Å². The number of hydrogen-bond donors (Lipinski definition) is 0. The number of aryl methyl sites for hydroxylation is 2. The second-order valence-electron chi connectivity index (χ2n) is 8.36. The summed E-state index contributed by atoms with van der Waals surface area (Å²) in [6.45, 7) is 10.2. The lowest BCUT2D eigenvalue weighted by Crippen LogP contribution is -2.16. The van der Waals surface area contributed by atoms with Gasteiger partial charge >= 0.3 is 5.97 Å². The quantitative estimate of drug-likeness (QED) is 0.281. The summed E-state index contributed by atoms with van der Waals surface area (Å²) in [6.07, 6.45) is 1.21. The third-order valence-electron chi connectivity index (χ3n) is 5.64. The van der Waals surface area contributed by atoms with Crippen molar-refractivity contribution in [3.05, 3.63) is 76.5 Å². The maximum absolute atomic E-state index is 11.0. The smallest absolute Gasteiger partial charge is 0.302 e. The van der Waals surface area contributed by atoms with Crippen molar-refractivity contribution in [1.29, 1.82) is 0 Å². The lowest BCUT2D eigenvalue weighted by molar-refractivity contribution is -0.145. The van der Waals surface area contributed by atoms with E-state index in [4.69, 9.17) is 14.2 Å². The number of rotatable bonds is 10. The molecule has 0 saturated carbocycles. The first-order valence-electron chi connectivity index (χ1n) is 11.3. The van der Waals surface area contributed by atoms with Gasteiger partial charge in [0, 0.05) is 36.2 Å². The molecule has 0 N–H and O–H groups in total. The topological polar surface area (TPSA) is 74.7 Å². The van der Waals surface area contributed by atoms with Crippen LogP contribution in [-0.4, -0.2) is 30.0 Å². The van der Waals surface area contributed by atoms with Crippen molar-refractivity contribution in [3.63, 3.8) is 0 Å². The van der Waals surface area contributed by atoms with Crippen LogP contribution in [-0.2, 0) is 16.1 Å². The number of ether oxygens (including phenoxy) is 3. The van der Waals surface area contributed by atoms with Gasteiger partial charge in [0.2, 0.25) is 5.88 Å². The van der Waals surface area contributed by atoms with Gasteiger partial charge in [-0.05, 0) is 74.2 Å². The molecule has 1 heterocycles. The molecule has 3 aromatic rings. The number of pyridine rings is 1. The van der Waals surface area contributed by atoms with Crippen molar-refractivity contribution in [2.45, 2.75) is 53.8 Å². The fourth-order valence-corrected chi connectivity index (χ4v) is 3.86. The van der Waals surface area contributed by atoms with Gasteiger partial charge in [0.1, 0.15) is 24.7 Å². The molecule has 1 aromatic heterocycles. The van der Waals surface area contributed by atoms with Gasteiger partial charge in [-0.15, -0.1) is 0 Å². The summed E-state index contributed by atoms with van der Waals surface area (Å²) in [4.78, 5) is 26.5. The van der Waals surface area contributed by atoms with Crippen LogP contribution in [0, 0.1) is 20.8 Å². The van der Waals surface area contributed by atoms with E-state index < -0.39 is 0 Å². The molecule has 0 saturated heterocycles. The molecule has 0 spiro atoms. The summed E-state index contributed by atoms with van der Waals surface area (Å²) in [5, 5.41) is 0. The van der Waals surface area contributed by atoms with E-state index >= 15 is 0 Å². The number of carbonyl (C=O) groups excluding carboxylic acids is 2. The summed E-state index contributed by atoms with van der Waals surface area (Å²) in [7, 11) is 0. The maximum atomic E-state index is 11.0. The molecular formula is C28H31NO5. The third kappa shape index (κ3) is 6.44. The van der Waals surface area contributed by atoms with Gasteiger partial charge < -0.3 is 14.2 Å². The largest absolute Gasteiger partial charge is 0.489 e. The first kappa shape index (κ1) is 25.0. The zero-order valence-corrected chi connectivity index (χ0v) is 20.4. The van der Waals surface area contributed by atoms with Crippen molar-refractivity contribution >= 4 is 12.3 Å². The Labute approximate surface area is 200 Å². The third-order valence-corrected chi connectivity index (χ3v) is 5.64. The van der Waals surface area contributed by atoms with Crippen LogP contribution in [0.3, 0.4) is 0 Å². The zero-order valence-electron chi connectivity index (χ0n) is 20.4. The van der Waals surface area contributed by atoms with Gasteiger partial charge in [0.15, 0.2) is 0 Å². The van der Waals surface area contributed by atoms with Crippen LogP contribution in [0.1, 0.15) is 53.0 Å². The highest BCUT2D eigenvalue weighted by Gasteiger charge is 2.15. The molecule has 0 fully saturated rings. The highest BCUT2D eigenvalue weighted by Crippen LogP contribution is 2.33. The van der Waals surface area contributed by atoms with Gasteiger partial charge in [-0.2, -0.15) is 0 Å². The average molecular weight is 462 g/mol. The van der Waals surface area contributed by atoms with Crippen LogP contribution < -0.4 is 9.47 Å². The van der Waals surface area contributed by atoms with Crippen LogP contribution in [0.15, 0.2) is 48.5 Å². The molecule has 6 heteroatoms. The lowest BCUT2D eigenvalue weighted by Gasteiger charge is -2.17. The number of hydrogen-bond acceptors (Lipinski definition) is 6. The first-order valence-corrected chi connectivity index (χ1v) is 11.3. The Morgan fingerprint density at radius 2 is 1.79 bits per heavy atom. The SMILES string of the molecule is CC(=O)OC(C)CCOc1cc(C)c(-c2cccc(COc3ccc(C=O)cc3)c2C)c(C)n1. The number of aldehydes is 1. The molecular weight excluding hydrogens is 430 g/mol. The van der Waals surface area contributed by atoms with E-state index in [2.05, 4.69) is 31.0 Å².